The van der Waals surface area contributed by atoms with E-state index in [9.17, 15) is 9.59 Å². The lowest BCUT2D eigenvalue weighted by Gasteiger charge is -2.60. The van der Waals surface area contributed by atoms with E-state index in [0.29, 0.717) is 17.4 Å². The van der Waals surface area contributed by atoms with Gasteiger partial charge >= 0.3 is 5.97 Å². The standard InChI is InChI=1S/C33H38N2O5/c1-6-15-35-16-14-33-24-11-12-25(34(4)29(37)13-10-22-9-7-8-20(2)17-22)32(33)40-31-28(38-5)19-27(39-21(3)36)23(30(31)33)18-26(24)35/h6-10,13,17,19,24-26,32H,1,11-12,14-16,18H2,2-5H3/t24-,25-,26+,32-,33-/m0/s1. The zero-order chi connectivity index (χ0) is 28.2. The van der Waals surface area contributed by atoms with E-state index in [2.05, 4.69) is 17.5 Å². The molecule has 0 radical (unpaired) electrons. The number of hydrogen-bond acceptors (Lipinski definition) is 6. The zero-order valence-electron chi connectivity index (χ0n) is 23.8. The number of methoxy groups -OCH3 is 1. The number of amides is 1. The number of benzene rings is 2. The molecule has 1 saturated heterocycles. The Bertz CT molecular complexity index is 1400. The summed E-state index contributed by atoms with van der Waals surface area (Å²) >= 11 is 0. The highest BCUT2D eigenvalue weighted by Gasteiger charge is 2.67. The van der Waals surface area contributed by atoms with Gasteiger partial charge in [0.15, 0.2) is 11.5 Å². The molecule has 0 unspecified atom stereocenters. The Kier molecular flexibility index (Phi) is 6.73. The number of nitrogens with zero attached hydrogens (tertiary/aromatic N) is 2. The van der Waals surface area contributed by atoms with Gasteiger partial charge in [-0.05, 0) is 56.7 Å². The second-order valence-electron chi connectivity index (χ2n) is 11.7. The van der Waals surface area contributed by atoms with Crippen LogP contribution in [0, 0.1) is 12.8 Å². The van der Waals surface area contributed by atoms with Crippen LogP contribution in [0.15, 0.2) is 49.1 Å². The lowest BCUT2D eigenvalue weighted by molar-refractivity contribution is -0.135. The van der Waals surface area contributed by atoms with Gasteiger partial charge in [-0.25, -0.2) is 0 Å². The minimum absolute atomic E-state index is 0.0369. The van der Waals surface area contributed by atoms with E-state index in [1.165, 1.54) is 6.92 Å². The van der Waals surface area contributed by atoms with Gasteiger partial charge in [0, 0.05) is 55.2 Å². The summed E-state index contributed by atoms with van der Waals surface area (Å²) in [7, 11) is 3.52. The SMILES string of the molecule is C=CCN1CC[C@]23c4c5c(OC(C)=O)cc(OC)c4O[C@H]2[C@@H](N(C)C(=O)C=Cc2cccc(C)c2)CC[C@H]3[C@H]1C5. The molecular formula is C33H38N2O5. The molecule has 0 N–H and O–H groups in total. The molecule has 2 aliphatic carbocycles. The number of hydrogen-bond donors (Lipinski definition) is 0. The van der Waals surface area contributed by atoms with Crippen molar-refractivity contribution in [2.45, 2.75) is 63.1 Å². The minimum Gasteiger partial charge on any atom is -0.493 e. The van der Waals surface area contributed by atoms with Gasteiger partial charge in [-0.2, -0.15) is 0 Å². The maximum absolute atomic E-state index is 13.5. The van der Waals surface area contributed by atoms with Crippen LogP contribution in [0.25, 0.3) is 6.08 Å². The van der Waals surface area contributed by atoms with Crippen molar-refractivity contribution in [2.75, 3.05) is 27.2 Å². The van der Waals surface area contributed by atoms with E-state index >= 15 is 0 Å². The third-order valence-electron chi connectivity index (χ3n) is 9.62. The Labute approximate surface area is 236 Å². The first-order chi connectivity index (χ1) is 19.3. The smallest absolute Gasteiger partial charge is 0.308 e. The number of piperidine rings is 1. The third-order valence-corrected chi connectivity index (χ3v) is 9.62. The molecule has 4 aliphatic rings. The van der Waals surface area contributed by atoms with Gasteiger partial charge < -0.3 is 19.1 Å². The Morgan fingerprint density at radius 2 is 2.08 bits per heavy atom. The molecule has 2 heterocycles. The molecule has 1 saturated carbocycles. The largest absolute Gasteiger partial charge is 0.493 e. The second kappa shape index (κ2) is 10.1. The third kappa shape index (κ3) is 4.05. The predicted molar refractivity (Wildman–Crippen MR) is 154 cm³/mol. The van der Waals surface area contributed by atoms with Crippen molar-refractivity contribution >= 4 is 18.0 Å². The van der Waals surface area contributed by atoms with Gasteiger partial charge in [0.05, 0.1) is 13.2 Å². The monoisotopic (exact) mass is 542 g/mol. The van der Waals surface area contributed by atoms with E-state index < -0.39 is 0 Å². The Morgan fingerprint density at radius 3 is 2.80 bits per heavy atom. The van der Waals surface area contributed by atoms with E-state index in [4.69, 9.17) is 14.2 Å². The van der Waals surface area contributed by atoms with Crippen LogP contribution in [0.4, 0.5) is 0 Å². The molecule has 1 spiro atoms. The van der Waals surface area contributed by atoms with Gasteiger partial charge in [0.1, 0.15) is 11.9 Å². The normalized spacial score (nSPS) is 28.0. The lowest BCUT2D eigenvalue weighted by atomic mass is 9.51. The van der Waals surface area contributed by atoms with Crippen LogP contribution in [-0.4, -0.2) is 67.1 Å². The average Bonchev–Trinajstić information content (AvgIpc) is 3.27. The molecule has 210 valence electrons. The summed E-state index contributed by atoms with van der Waals surface area (Å²) in [6, 6.07) is 10.1. The number of aryl methyl sites for hydroxylation is 1. The van der Waals surface area contributed by atoms with E-state index in [-0.39, 0.29) is 35.5 Å². The van der Waals surface area contributed by atoms with Gasteiger partial charge in [-0.1, -0.05) is 35.9 Å². The minimum atomic E-state index is -0.353. The van der Waals surface area contributed by atoms with Gasteiger partial charge in [0.2, 0.25) is 5.91 Å². The molecule has 2 fully saturated rings. The van der Waals surface area contributed by atoms with E-state index in [1.54, 1.807) is 19.3 Å². The van der Waals surface area contributed by atoms with Crippen molar-refractivity contribution < 1.29 is 23.8 Å². The first-order valence-electron chi connectivity index (χ1n) is 14.2. The van der Waals surface area contributed by atoms with Gasteiger partial charge in [-0.15, -0.1) is 6.58 Å². The number of carbonyl (C=O) groups is 2. The molecule has 0 aromatic heterocycles. The van der Waals surface area contributed by atoms with Crippen LogP contribution in [0.3, 0.4) is 0 Å². The molecule has 6 rings (SSSR count). The van der Waals surface area contributed by atoms with Crippen LogP contribution < -0.4 is 14.2 Å². The Hall–Kier alpha value is -3.58. The predicted octanol–water partition coefficient (Wildman–Crippen LogP) is 4.69. The maximum atomic E-state index is 13.5. The number of ether oxygens (including phenoxy) is 3. The Balaban J connectivity index is 1.41. The molecule has 1 amide bonds. The highest BCUT2D eigenvalue weighted by atomic mass is 16.5. The molecule has 2 bridgehead atoms. The summed E-state index contributed by atoms with van der Waals surface area (Å²) in [4.78, 5) is 30.0. The van der Waals surface area contributed by atoms with Crippen molar-refractivity contribution in [1.82, 2.24) is 9.80 Å². The summed E-state index contributed by atoms with van der Waals surface area (Å²) in [5, 5.41) is 0. The Morgan fingerprint density at radius 1 is 1.25 bits per heavy atom. The summed E-state index contributed by atoms with van der Waals surface area (Å²) in [6.07, 6.45) is 8.84. The average molecular weight is 543 g/mol. The summed E-state index contributed by atoms with van der Waals surface area (Å²) in [5.41, 5.74) is 4.05. The number of likely N-dealkylation sites (N-methyl/N-ethyl adjacent to an activating group) is 1. The first kappa shape index (κ1) is 26.6. The van der Waals surface area contributed by atoms with E-state index in [0.717, 1.165) is 66.8 Å². The van der Waals surface area contributed by atoms with E-state index in [1.807, 2.05) is 49.2 Å². The van der Waals surface area contributed by atoms with Crippen molar-refractivity contribution in [3.8, 4) is 17.2 Å². The molecule has 7 heteroatoms. The molecule has 2 aromatic rings. The molecule has 2 aliphatic heterocycles. The lowest BCUT2D eigenvalue weighted by Crippen LogP contribution is -2.68. The summed E-state index contributed by atoms with van der Waals surface area (Å²) in [6.45, 7) is 9.22. The maximum Gasteiger partial charge on any atom is 0.308 e. The number of esters is 1. The number of carbonyl (C=O) groups excluding carboxylic acids is 2. The molecular weight excluding hydrogens is 504 g/mol. The highest BCUT2D eigenvalue weighted by molar-refractivity contribution is 5.92. The number of likely N-dealkylation sites (tertiary alicyclic amines) is 1. The number of rotatable bonds is 7. The fraction of sp³-hybridized carbons (Fsp3) is 0.455. The van der Waals surface area contributed by atoms with Crippen molar-refractivity contribution in [3.63, 3.8) is 0 Å². The van der Waals surface area contributed by atoms with Gasteiger partial charge in [0.25, 0.3) is 0 Å². The van der Waals surface area contributed by atoms with Crippen molar-refractivity contribution in [2.24, 2.45) is 5.92 Å². The first-order valence-corrected chi connectivity index (χ1v) is 14.2. The van der Waals surface area contributed by atoms with Crippen LogP contribution in [0.2, 0.25) is 0 Å². The molecule has 2 aromatic carbocycles. The molecule has 5 atom stereocenters. The summed E-state index contributed by atoms with van der Waals surface area (Å²) in [5.74, 6) is 1.86. The quantitative estimate of drug-likeness (QED) is 0.219. The fourth-order valence-corrected chi connectivity index (χ4v) is 8.05. The molecule has 7 nitrogen and oxygen atoms in total. The second-order valence-corrected chi connectivity index (χ2v) is 11.7. The van der Waals surface area contributed by atoms with Crippen LogP contribution in [0.5, 0.6) is 17.2 Å². The van der Waals surface area contributed by atoms with Crippen LogP contribution in [-0.2, 0) is 21.4 Å². The van der Waals surface area contributed by atoms with Gasteiger partial charge in [-0.3, -0.25) is 14.5 Å². The van der Waals surface area contributed by atoms with Crippen molar-refractivity contribution in [3.05, 3.63) is 71.3 Å². The van der Waals surface area contributed by atoms with Crippen molar-refractivity contribution in [1.29, 1.82) is 0 Å². The zero-order valence-corrected chi connectivity index (χ0v) is 23.8. The fourth-order valence-electron chi connectivity index (χ4n) is 8.05. The highest BCUT2D eigenvalue weighted by Crippen LogP contribution is 2.65. The van der Waals surface area contributed by atoms with Crippen LogP contribution >= 0.6 is 0 Å². The summed E-state index contributed by atoms with van der Waals surface area (Å²) < 4.78 is 18.5. The topological polar surface area (TPSA) is 68.3 Å². The van der Waals surface area contributed by atoms with Crippen LogP contribution in [0.1, 0.15) is 48.4 Å². The molecule has 40 heavy (non-hydrogen) atoms.